The number of carbonyl (C=O) groups is 1. The summed E-state index contributed by atoms with van der Waals surface area (Å²) in [6.07, 6.45) is 0. The summed E-state index contributed by atoms with van der Waals surface area (Å²) in [5, 5.41) is 0. The first-order valence-electron chi connectivity index (χ1n) is 5.86. The molecule has 0 heterocycles. The van der Waals surface area contributed by atoms with E-state index in [1.807, 2.05) is 42.5 Å². The minimum atomic E-state index is -0.407. The number of rotatable bonds is 4. The predicted molar refractivity (Wildman–Crippen MR) is 79.0 cm³/mol. The highest BCUT2D eigenvalue weighted by molar-refractivity contribution is 7.80. The van der Waals surface area contributed by atoms with Crippen molar-refractivity contribution >= 4 is 24.2 Å². The third-order valence-corrected chi connectivity index (χ3v) is 2.97. The van der Waals surface area contributed by atoms with E-state index in [2.05, 4.69) is 19.2 Å². The predicted octanol–water partition coefficient (Wildman–Crippen LogP) is 3.73. The fourth-order valence-corrected chi connectivity index (χ4v) is 1.74. The van der Waals surface area contributed by atoms with Crippen LogP contribution >= 0.6 is 12.6 Å². The lowest BCUT2D eigenvalue weighted by atomic mass is 10.1. The Balaban J connectivity index is 1.96. The van der Waals surface area contributed by atoms with Gasteiger partial charge in [-0.3, -0.25) is 0 Å². The standard InChI is InChI=1S/C16H14O2S/c1-12(14-7-9-15(19)10-8-14)16(17)18-11-13-5-3-2-4-6-13/h2-10,19H,1,11H2. The third-order valence-electron chi connectivity index (χ3n) is 2.67. The Kier molecular flexibility index (Phi) is 4.42. The van der Waals surface area contributed by atoms with Crippen LogP contribution in [0.25, 0.3) is 5.57 Å². The summed E-state index contributed by atoms with van der Waals surface area (Å²) in [6, 6.07) is 16.8. The largest absolute Gasteiger partial charge is 0.457 e. The number of benzene rings is 2. The first kappa shape index (κ1) is 13.4. The number of esters is 1. The molecule has 3 heteroatoms. The van der Waals surface area contributed by atoms with Crippen LogP contribution in [0.4, 0.5) is 0 Å². The van der Waals surface area contributed by atoms with E-state index in [1.165, 1.54) is 0 Å². The van der Waals surface area contributed by atoms with E-state index in [0.717, 1.165) is 16.0 Å². The molecule has 0 bridgehead atoms. The molecule has 0 aliphatic heterocycles. The van der Waals surface area contributed by atoms with Crippen molar-refractivity contribution < 1.29 is 9.53 Å². The zero-order valence-corrected chi connectivity index (χ0v) is 11.3. The van der Waals surface area contributed by atoms with Crippen molar-refractivity contribution in [2.75, 3.05) is 0 Å². The van der Waals surface area contributed by atoms with Crippen molar-refractivity contribution in [2.45, 2.75) is 11.5 Å². The summed E-state index contributed by atoms with van der Waals surface area (Å²) < 4.78 is 5.22. The molecule has 2 nitrogen and oxygen atoms in total. The van der Waals surface area contributed by atoms with Gasteiger partial charge in [-0.1, -0.05) is 49.0 Å². The molecule has 2 aromatic rings. The van der Waals surface area contributed by atoms with Crippen LogP contribution in [0.3, 0.4) is 0 Å². The summed E-state index contributed by atoms with van der Waals surface area (Å²) in [4.78, 5) is 12.7. The van der Waals surface area contributed by atoms with Gasteiger partial charge in [0.15, 0.2) is 0 Å². The van der Waals surface area contributed by atoms with E-state index in [0.29, 0.717) is 5.57 Å². The van der Waals surface area contributed by atoms with Crippen molar-refractivity contribution in [3.63, 3.8) is 0 Å². The van der Waals surface area contributed by atoms with Gasteiger partial charge in [0, 0.05) is 4.90 Å². The number of carbonyl (C=O) groups excluding carboxylic acids is 1. The molecule has 0 amide bonds. The highest BCUT2D eigenvalue weighted by atomic mass is 32.1. The quantitative estimate of drug-likeness (QED) is 0.520. The Morgan fingerprint density at radius 1 is 1.05 bits per heavy atom. The fourth-order valence-electron chi connectivity index (χ4n) is 1.59. The van der Waals surface area contributed by atoms with Gasteiger partial charge in [-0.15, -0.1) is 12.6 Å². The average molecular weight is 270 g/mol. The zero-order valence-electron chi connectivity index (χ0n) is 10.4. The van der Waals surface area contributed by atoms with Crippen LogP contribution in [-0.4, -0.2) is 5.97 Å². The molecule has 2 aromatic carbocycles. The maximum atomic E-state index is 11.9. The molecule has 0 unspecified atom stereocenters. The molecule has 0 saturated carbocycles. The molecule has 0 N–H and O–H groups in total. The molecule has 0 radical (unpaired) electrons. The summed E-state index contributed by atoms with van der Waals surface area (Å²) in [7, 11) is 0. The first-order chi connectivity index (χ1) is 9.16. The van der Waals surface area contributed by atoms with Crippen LogP contribution in [0.1, 0.15) is 11.1 Å². The molecule has 96 valence electrons. The molecule has 0 fully saturated rings. The van der Waals surface area contributed by atoms with Crippen LogP contribution in [0, 0.1) is 0 Å². The van der Waals surface area contributed by atoms with Crippen molar-refractivity contribution in [1.29, 1.82) is 0 Å². The average Bonchev–Trinajstić information content (AvgIpc) is 2.46. The fraction of sp³-hybridized carbons (Fsp3) is 0.0625. The van der Waals surface area contributed by atoms with Crippen molar-refractivity contribution in [2.24, 2.45) is 0 Å². The van der Waals surface area contributed by atoms with Gasteiger partial charge in [0.25, 0.3) is 0 Å². The highest BCUT2D eigenvalue weighted by Crippen LogP contribution is 2.17. The SMILES string of the molecule is C=C(C(=O)OCc1ccccc1)c1ccc(S)cc1. The van der Waals surface area contributed by atoms with Gasteiger partial charge in [0.2, 0.25) is 0 Å². The highest BCUT2D eigenvalue weighted by Gasteiger charge is 2.10. The third kappa shape index (κ3) is 3.73. The van der Waals surface area contributed by atoms with Gasteiger partial charge in [-0.25, -0.2) is 4.79 Å². The van der Waals surface area contributed by atoms with E-state index in [9.17, 15) is 4.79 Å². The van der Waals surface area contributed by atoms with E-state index in [4.69, 9.17) is 4.74 Å². The van der Waals surface area contributed by atoms with Gasteiger partial charge in [-0.05, 0) is 23.3 Å². The Morgan fingerprint density at radius 3 is 2.32 bits per heavy atom. The summed E-state index contributed by atoms with van der Waals surface area (Å²) in [5.74, 6) is -0.407. The van der Waals surface area contributed by atoms with Gasteiger partial charge in [0.05, 0.1) is 5.57 Å². The van der Waals surface area contributed by atoms with Gasteiger partial charge in [0.1, 0.15) is 6.61 Å². The number of ether oxygens (including phenoxy) is 1. The van der Waals surface area contributed by atoms with E-state index < -0.39 is 5.97 Å². The van der Waals surface area contributed by atoms with Crippen molar-refractivity contribution in [3.05, 3.63) is 72.3 Å². The van der Waals surface area contributed by atoms with Crippen molar-refractivity contribution in [3.8, 4) is 0 Å². The molecule has 0 saturated heterocycles. The molecule has 0 aromatic heterocycles. The number of hydrogen-bond acceptors (Lipinski definition) is 3. The van der Waals surface area contributed by atoms with Crippen LogP contribution in [-0.2, 0) is 16.1 Å². The first-order valence-corrected chi connectivity index (χ1v) is 6.31. The Labute approximate surface area is 118 Å². The Hall–Kier alpha value is -2.00. The number of hydrogen-bond donors (Lipinski definition) is 1. The number of thiol groups is 1. The summed E-state index contributed by atoms with van der Waals surface area (Å²) >= 11 is 4.20. The minimum absolute atomic E-state index is 0.253. The van der Waals surface area contributed by atoms with Crippen LogP contribution in [0.15, 0.2) is 66.1 Å². The molecule has 0 aliphatic carbocycles. The summed E-state index contributed by atoms with van der Waals surface area (Å²) in [6.45, 7) is 4.02. The molecule has 2 rings (SSSR count). The van der Waals surface area contributed by atoms with Gasteiger partial charge in [-0.2, -0.15) is 0 Å². The van der Waals surface area contributed by atoms with E-state index >= 15 is 0 Å². The molecular weight excluding hydrogens is 256 g/mol. The second kappa shape index (κ2) is 6.25. The van der Waals surface area contributed by atoms with E-state index in [1.54, 1.807) is 12.1 Å². The van der Waals surface area contributed by atoms with Crippen LogP contribution in [0.5, 0.6) is 0 Å². The minimum Gasteiger partial charge on any atom is -0.457 e. The molecule has 0 atom stereocenters. The second-order valence-corrected chi connectivity index (χ2v) is 4.60. The maximum Gasteiger partial charge on any atom is 0.338 e. The van der Waals surface area contributed by atoms with Gasteiger partial charge < -0.3 is 4.74 Å². The lowest BCUT2D eigenvalue weighted by Gasteiger charge is -2.07. The normalized spacial score (nSPS) is 9.95. The topological polar surface area (TPSA) is 26.3 Å². The monoisotopic (exact) mass is 270 g/mol. The van der Waals surface area contributed by atoms with Crippen LogP contribution in [0.2, 0.25) is 0 Å². The molecule has 0 spiro atoms. The Morgan fingerprint density at radius 2 is 1.68 bits per heavy atom. The van der Waals surface area contributed by atoms with E-state index in [-0.39, 0.29) is 6.61 Å². The summed E-state index contributed by atoms with van der Waals surface area (Å²) in [5.41, 5.74) is 2.05. The maximum absolute atomic E-state index is 11.9. The zero-order chi connectivity index (χ0) is 13.7. The Bertz CT molecular complexity index is 573. The lowest BCUT2D eigenvalue weighted by Crippen LogP contribution is -2.06. The molecular formula is C16H14O2S. The second-order valence-electron chi connectivity index (χ2n) is 4.09. The smallest absolute Gasteiger partial charge is 0.338 e. The van der Waals surface area contributed by atoms with Crippen LogP contribution < -0.4 is 0 Å². The van der Waals surface area contributed by atoms with Gasteiger partial charge >= 0.3 is 5.97 Å². The van der Waals surface area contributed by atoms with Crippen molar-refractivity contribution in [1.82, 2.24) is 0 Å². The lowest BCUT2D eigenvalue weighted by molar-refractivity contribution is -0.137. The molecule has 0 aliphatic rings. The molecule has 19 heavy (non-hydrogen) atoms.